The first-order valence-electron chi connectivity index (χ1n) is 9.94. The number of rotatable bonds is 4. The van der Waals surface area contributed by atoms with Crippen LogP contribution in [0.2, 0.25) is 0 Å². The van der Waals surface area contributed by atoms with Crippen molar-refractivity contribution in [2.75, 3.05) is 51.8 Å². The van der Waals surface area contributed by atoms with Crippen LogP contribution in [0.25, 0.3) is 0 Å². The highest BCUT2D eigenvalue weighted by molar-refractivity contribution is 14.0. The van der Waals surface area contributed by atoms with Crippen LogP contribution < -0.4 is 15.0 Å². The highest BCUT2D eigenvalue weighted by Crippen LogP contribution is 2.31. The van der Waals surface area contributed by atoms with Crippen molar-refractivity contribution in [2.45, 2.75) is 26.7 Å². The molecule has 6 heteroatoms. The maximum Gasteiger partial charge on any atom is 0.193 e. The molecule has 0 aromatic heterocycles. The van der Waals surface area contributed by atoms with E-state index in [1.54, 1.807) is 7.11 Å². The van der Waals surface area contributed by atoms with Crippen molar-refractivity contribution in [3.63, 3.8) is 0 Å². The first-order chi connectivity index (χ1) is 12.6. The minimum Gasteiger partial charge on any atom is -0.495 e. The Labute approximate surface area is 181 Å². The molecule has 152 valence electrons. The predicted molar refractivity (Wildman–Crippen MR) is 125 cm³/mol. The van der Waals surface area contributed by atoms with Gasteiger partial charge in [-0.2, -0.15) is 0 Å². The fourth-order valence-corrected chi connectivity index (χ4v) is 4.51. The van der Waals surface area contributed by atoms with Crippen molar-refractivity contribution in [2.24, 2.45) is 22.7 Å². The van der Waals surface area contributed by atoms with E-state index in [9.17, 15) is 0 Å². The molecule has 2 aliphatic rings. The molecular formula is C21H35IN4O. The van der Waals surface area contributed by atoms with Crippen LogP contribution in [0.4, 0.5) is 5.69 Å². The van der Waals surface area contributed by atoms with Crippen molar-refractivity contribution in [1.29, 1.82) is 0 Å². The van der Waals surface area contributed by atoms with Gasteiger partial charge >= 0.3 is 0 Å². The summed E-state index contributed by atoms with van der Waals surface area (Å²) in [6.45, 7) is 10.1. The Bertz CT molecular complexity index is 614. The number of nitrogens with zero attached hydrogens (tertiary/aromatic N) is 3. The SMILES string of the molecule is CN=C(NCC1CCN(c2ccccc2OC)C1)N1CC(C)CC(C)C1.I. The standard InChI is InChI=1S/C21H34N4O.HI/c1-16-11-17(2)14-25(13-16)21(22-3)23-12-18-9-10-24(15-18)19-7-5-6-8-20(19)26-4;/h5-8,16-18H,9-15H2,1-4H3,(H,22,23);1H. The highest BCUT2D eigenvalue weighted by atomic mass is 127. The summed E-state index contributed by atoms with van der Waals surface area (Å²) in [5.74, 6) is 4.15. The Morgan fingerprint density at radius 3 is 2.56 bits per heavy atom. The van der Waals surface area contributed by atoms with E-state index in [2.05, 4.69) is 46.1 Å². The molecule has 1 aromatic rings. The van der Waals surface area contributed by atoms with Crippen molar-refractivity contribution in [3.05, 3.63) is 24.3 Å². The highest BCUT2D eigenvalue weighted by Gasteiger charge is 2.27. The maximum absolute atomic E-state index is 5.52. The largest absolute Gasteiger partial charge is 0.495 e. The van der Waals surface area contributed by atoms with Gasteiger partial charge in [-0.25, -0.2) is 0 Å². The van der Waals surface area contributed by atoms with E-state index in [-0.39, 0.29) is 24.0 Å². The van der Waals surface area contributed by atoms with Gasteiger partial charge in [-0.05, 0) is 42.7 Å². The molecule has 2 saturated heterocycles. The van der Waals surface area contributed by atoms with Gasteiger partial charge in [0, 0.05) is 39.8 Å². The van der Waals surface area contributed by atoms with Gasteiger partial charge in [0.25, 0.3) is 0 Å². The van der Waals surface area contributed by atoms with Gasteiger partial charge in [-0.1, -0.05) is 26.0 Å². The molecule has 0 spiro atoms. The lowest BCUT2D eigenvalue weighted by Crippen LogP contribution is -2.49. The van der Waals surface area contributed by atoms with Crippen LogP contribution >= 0.6 is 24.0 Å². The van der Waals surface area contributed by atoms with Crippen LogP contribution in [0.15, 0.2) is 29.3 Å². The number of anilines is 1. The summed E-state index contributed by atoms with van der Waals surface area (Å²) in [5, 5.41) is 3.64. The third kappa shape index (κ3) is 5.65. The second-order valence-corrected chi connectivity index (χ2v) is 8.05. The van der Waals surface area contributed by atoms with Crippen molar-refractivity contribution in [3.8, 4) is 5.75 Å². The van der Waals surface area contributed by atoms with Crippen molar-refractivity contribution < 1.29 is 4.74 Å². The molecule has 2 aliphatic heterocycles. The first-order valence-corrected chi connectivity index (χ1v) is 9.94. The Morgan fingerprint density at radius 1 is 1.19 bits per heavy atom. The van der Waals surface area contributed by atoms with E-state index >= 15 is 0 Å². The summed E-state index contributed by atoms with van der Waals surface area (Å²) in [6, 6.07) is 8.32. The van der Waals surface area contributed by atoms with Gasteiger partial charge in [-0.3, -0.25) is 4.99 Å². The predicted octanol–water partition coefficient (Wildman–Crippen LogP) is 3.69. The number of benzene rings is 1. The fraction of sp³-hybridized carbons (Fsp3) is 0.667. The monoisotopic (exact) mass is 486 g/mol. The van der Waals surface area contributed by atoms with Crippen LogP contribution in [0.5, 0.6) is 5.75 Å². The van der Waals surface area contributed by atoms with E-state index in [1.165, 1.54) is 18.5 Å². The molecule has 0 aliphatic carbocycles. The van der Waals surface area contributed by atoms with Crippen LogP contribution in [0.1, 0.15) is 26.7 Å². The molecule has 3 unspecified atom stereocenters. The second-order valence-electron chi connectivity index (χ2n) is 8.05. The minimum atomic E-state index is 0. The molecule has 3 rings (SSSR count). The van der Waals surface area contributed by atoms with Crippen LogP contribution in [-0.2, 0) is 0 Å². The topological polar surface area (TPSA) is 40.1 Å². The summed E-state index contributed by atoms with van der Waals surface area (Å²) < 4.78 is 5.52. The number of hydrogen-bond acceptors (Lipinski definition) is 3. The van der Waals surface area contributed by atoms with Gasteiger partial charge < -0.3 is 19.9 Å². The molecular weight excluding hydrogens is 451 g/mol. The van der Waals surface area contributed by atoms with E-state index in [0.717, 1.165) is 56.3 Å². The molecule has 0 saturated carbocycles. The molecule has 1 N–H and O–H groups in total. The summed E-state index contributed by atoms with van der Waals surface area (Å²) in [6.07, 6.45) is 2.53. The molecule has 5 nitrogen and oxygen atoms in total. The van der Waals surface area contributed by atoms with E-state index in [4.69, 9.17) is 4.74 Å². The van der Waals surface area contributed by atoms with Gasteiger partial charge in [-0.15, -0.1) is 24.0 Å². The number of ether oxygens (including phenoxy) is 1. The Balaban J connectivity index is 0.00000261. The van der Waals surface area contributed by atoms with Crippen molar-refractivity contribution >= 4 is 35.6 Å². The lowest BCUT2D eigenvalue weighted by atomic mass is 9.92. The molecule has 1 aromatic carbocycles. The third-order valence-electron chi connectivity index (χ3n) is 5.64. The van der Waals surface area contributed by atoms with E-state index < -0.39 is 0 Å². The smallest absolute Gasteiger partial charge is 0.193 e. The number of nitrogens with one attached hydrogen (secondary N) is 1. The fourth-order valence-electron chi connectivity index (χ4n) is 4.51. The number of halogens is 1. The van der Waals surface area contributed by atoms with Crippen LogP contribution in [0, 0.1) is 17.8 Å². The van der Waals surface area contributed by atoms with E-state index in [0.29, 0.717) is 5.92 Å². The molecule has 3 atom stereocenters. The number of guanidine groups is 1. The Kier molecular flexibility index (Phi) is 8.51. The molecule has 2 fully saturated rings. The van der Waals surface area contributed by atoms with E-state index in [1.807, 2.05) is 19.2 Å². The van der Waals surface area contributed by atoms with Crippen molar-refractivity contribution in [1.82, 2.24) is 10.2 Å². The molecule has 0 bridgehead atoms. The van der Waals surface area contributed by atoms with Gasteiger partial charge in [0.05, 0.1) is 12.8 Å². The Hall–Kier alpha value is -1.18. The third-order valence-corrected chi connectivity index (χ3v) is 5.64. The zero-order valence-electron chi connectivity index (χ0n) is 17.1. The van der Waals surface area contributed by atoms with Crippen LogP contribution in [0.3, 0.4) is 0 Å². The summed E-state index contributed by atoms with van der Waals surface area (Å²) in [4.78, 5) is 9.42. The number of piperidine rings is 1. The molecule has 0 radical (unpaired) electrons. The summed E-state index contributed by atoms with van der Waals surface area (Å²) >= 11 is 0. The Morgan fingerprint density at radius 2 is 1.89 bits per heavy atom. The van der Waals surface area contributed by atoms with Gasteiger partial charge in [0.1, 0.15) is 5.75 Å². The number of para-hydroxylation sites is 2. The number of likely N-dealkylation sites (tertiary alicyclic amines) is 1. The van der Waals surface area contributed by atoms with Crippen LogP contribution in [-0.4, -0.2) is 57.7 Å². The zero-order valence-corrected chi connectivity index (χ0v) is 19.5. The average Bonchev–Trinajstić information content (AvgIpc) is 3.10. The first kappa shape index (κ1) is 22.1. The molecule has 27 heavy (non-hydrogen) atoms. The number of methoxy groups -OCH3 is 1. The zero-order chi connectivity index (χ0) is 18.5. The lowest BCUT2D eigenvalue weighted by molar-refractivity contribution is 0.208. The maximum atomic E-state index is 5.52. The quantitative estimate of drug-likeness (QED) is 0.401. The lowest BCUT2D eigenvalue weighted by Gasteiger charge is -2.37. The normalized spacial score (nSPS) is 25.9. The molecule has 0 amide bonds. The van der Waals surface area contributed by atoms with Gasteiger partial charge in [0.15, 0.2) is 5.96 Å². The number of hydrogen-bond donors (Lipinski definition) is 1. The second kappa shape index (κ2) is 10.4. The minimum absolute atomic E-state index is 0. The summed E-state index contributed by atoms with van der Waals surface area (Å²) in [7, 11) is 3.65. The van der Waals surface area contributed by atoms with Gasteiger partial charge in [0.2, 0.25) is 0 Å². The molecule has 2 heterocycles. The summed E-state index contributed by atoms with van der Waals surface area (Å²) in [5.41, 5.74) is 1.21. The average molecular weight is 486 g/mol. The number of aliphatic imine (C=N–C) groups is 1.